The SMILES string of the molecule is CCC12CC[C@H](C#N)N3CCc4c(n(c5ccccc45)C(=O)C1)C32. The Morgan fingerprint density at radius 1 is 1.38 bits per heavy atom. The Balaban J connectivity index is 1.85. The van der Waals surface area contributed by atoms with Crippen molar-refractivity contribution in [2.75, 3.05) is 6.54 Å². The minimum atomic E-state index is -0.0116. The number of benzene rings is 1. The lowest BCUT2D eigenvalue weighted by atomic mass is 9.63. The molecule has 0 saturated carbocycles. The van der Waals surface area contributed by atoms with E-state index in [0.717, 1.165) is 37.7 Å². The molecule has 3 aliphatic heterocycles. The lowest BCUT2D eigenvalue weighted by Gasteiger charge is -2.55. The number of para-hydroxylation sites is 1. The van der Waals surface area contributed by atoms with Crippen LogP contribution in [0.2, 0.25) is 0 Å². The molecule has 1 aromatic carbocycles. The van der Waals surface area contributed by atoms with Gasteiger partial charge in [0.2, 0.25) is 5.91 Å². The first-order valence-corrected chi connectivity index (χ1v) is 9.01. The topological polar surface area (TPSA) is 49.0 Å². The molecule has 4 heteroatoms. The molecule has 1 saturated heterocycles. The Labute approximate surface area is 141 Å². The van der Waals surface area contributed by atoms with E-state index >= 15 is 0 Å². The van der Waals surface area contributed by atoms with Crippen LogP contribution < -0.4 is 0 Å². The number of aromatic nitrogens is 1. The molecule has 3 atom stereocenters. The molecule has 0 spiro atoms. The van der Waals surface area contributed by atoms with Gasteiger partial charge in [0.25, 0.3) is 0 Å². The van der Waals surface area contributed by atoms with Crippen molar-refractivity contribution in [3.05, 3.63) is 35.5 Å². The van der Waals surface area contributed by atoms with Crippen molar-refractivity contribution in [2.45, 2.75) is 51.1 Å². The molecule has 4 heterocycles. The summed E-state index contributed by atoms with van der Waals surface area (Å²) in [6.45, 7) is 3.14. The molecule has 0 N–H and O–H groups in total. The number of nitriles is 1. The normalized spacial score (nSPS) is 31.8. The first-order valence-electron chi connectivity index (χ1n) is 9.01. The first kappa shape index (κ1) is 14.2. The predicted octanol–water partition coefficient (Wildman–Crippen LogP) is 3.67. The average Bonchev–Trinajstić information content (AvgIpc) is 2.96. The summed E-state index contributed by atoms with van der Waals surface area (Å²) in [6.07, 6.45) is 4.41. The molecule has 4 nitrogen and oxygen atoms in total. The highest BCUT2D eigenvalue weighted by molar-refractivity contribution is 5.97. The summed E-state index contributed by atoms with van der Waals surface area (Å²) in [5.41, 5.74) is 3.60. The maximum absolute atomic E-state index is 13.1. The van der Waals surface area contributed by atoms with Crippen LogP contribution in [0.15, 0.2) is 24.3 Å². The molecule has 0 radical (unpaired) electrons. The highest BCUT2D eigenvalue weighted by Gasteiger charge is 2.55. The summed E-state index contributed by atoms with van der Waals surface area (Å²) in [6, 6.07) is 11.0. The van der Waals surface area contributed by atoms with Crippen LogP contribution in [0.1, 0.15) is 54.7 Å². The van der Waals surface area contributed by atoms with Gasteiger partial charge < -0.3 is 0 Å². The fourth-order valence-electron chi connectivity index (χ4n) is 5.58. The number of carbonyl (C=O) groups excluding carboxylic acids is 1. The zero-order valence-corrected chi connectivity index (χ0v) is 14.0. The molecule has 5 rings (SSSR count). The van der Waals surface area contributed by atoms with Gasteiger partial charge in [-0.05, 0) is 37.3 Å². The third-order valence-corrected chi connectivity index (χ3v) is 6.73. The van der Waals surface area contributed by atoms with Gasteiger partial charge in [0.1, 0.15) is 0 Å². The van der Waals surface area contributed by atoms with Crippen molar-refractivity contribution >= 4 is 16.8 Å². The predicted molar refractivity (Wildman–Crippen MR) is 91.7 cm³/mol. The number of piperidine rings is 1. The van der Waals surface area contributed by atoms with Gasteiger partial charge in [-0.15, -0.1) is 0 Å². The summed E-state index contributed by atoms with van der Waals surface area (Å²) in [7, 11) is 0. The molecule has 1 aromatic heterocycles. The second kappa shape index (κ2) is 4.70. The lowest BCUT2D eigenvalue weighted by Crippen LogP contribution is -2.56. The Morgan fingerprint density at radius 3 is 3.00 bits per heavy atom. The van der Waals surface area contributed by atoms with Gasteiger partial charge in [-0.25, -0.2) is 0 Å². The lowest BCUT2D eigenvalue weighted by molar-refractivity contribution is -0.0350. The molecule has 3 aliphatic rings. The second-order valence-electron chi connectivity index (χ2n) is 7.58. The third-order valence-electron chi connectivity index (χ3n) is 6.73. The molecule has 122 valence electrons. The van der Waals surface area contributed by atoms with Crippen molar-refractivity contribution in [1.82, 2.24) is 9.47 Å². The molecule has 24 heavy (non-hydrogen) atoms. The maximum Gasteiger partial charge on any atom is 0.231 e. The monoisotopic (exact) mass is 319 g/mol. The van der Waals surface area contributed by atoms with Crippen LogP contribution in [0.25, 0.3) is 10.9 Å². The third kappa shape index (κ3) is 1.54. The first-order chi connectivity index (χ1) is 11.7. The molecule has 1 fully saturated rings. The smallest absolute Gasteiger partial charge is 0.231 e. The van der Waals surface area contributed by atoms with Crippen molar-refractivity contribution in [1.29, 1.82) is 5.26 Å². The summed E-state index contributed by atoms with van der Waals surface area (Å²) >= 11 is 0. The standard InChI is InChI=1S/C20H21N3O/c1-2-20-9-7-13(12-21)22-10-8-15-14-5-3-4-6-16(14)23(17(24)11-20)18(15)19(20)22/h3-6,13,19H,2,7-11H2,1H3/t13-,19?,20?/m1/s1. The van der Waals surface area contributed by atoms with Crippen LogP contribution >= 0.6 is 0 Å². The summed E-state index contributed by atoms with van der Waals surface area (Å²) in [5.74, 6) is 0.239. The number of fused-ring (bicyclic) bond motifs is 3. The fourth-order valence-corrected chi connectivity index (χ4v) is 5.58. The van der Waals surface area contributed by atoms with Crippen LogP contribution in [0.5, 0.6) is 0 Å². The number of rotatable bonds is 1. The number of nitrogens with zero attached hydrogens (tertiary/aromatic N) is 3. The number of carbonyl (C=O) groups is 1. The van der Waals surface area contributed by atoms with E-state index in [1.807, 2.05) is 10.6 Å². The zero-order valence-electron chi connectivity index (χ0n) is 14.0. The Hall–Kier alpha value is -2.12. The van der Waals surface area contributed by atoms with Crippen LogP contribution in [-0.2, 0) is 6.42 Å². The Kier molecular flexibility index (Phi) is 2.79. The van der Waals surface area contributed by atoms with Crippen LogP contribution in [0, 0.1) is 16.7 Å². The van der Waals surface area contributed by atoms with Crippen molar-refractivity contribution < 1.29 is 4.79 Å². The summed E-state index contributed by atoms with van der Waals surface area (Å²) in [5, 5.41) is 10.9. The van der Waals surface area contributed by atoms with Gasteiger partial charge in [-0.2, -0.15) is 5.26 Å². The Bertz CT molecular complexity index is 905. The highest BCUT2D eigenvalue weighted by Crippen LogP contribution is 2.58. The molecular formula is C20H21N3O. The van der Waals surface area contributed by atoms with Gasteiger partial charge >= 0.3 is 0 Å². The largest absolute Gasteiger partial charge is 0.282 e. The number of hydrogen-bond donors (Lipinski definition) is 0. The zero-order chi connectivity index (χ0) is 16.5. The van der Waals surface area contributed by atoms with E-state index in [1.165, 1.54) is 16.6 Å². The van der Waals surface area contributed by atoms with E-state index in [9.17, 15) is 10.1 Å². The van der Waals surface area contributed by atoms with E-state index in [2.05, 4.69) is 36.1 Å². The van der Waals surface area contributed by atoms with Gasteiger partial charge in [-0.1, -0.05) is 25.1 Å². The van der Waals surface area contributed by atoms with Crippen LogP contribution in [-0.4, -0.2) is 28.0 Å². The molecule has 0 bridgehead atoms. The molecule has 0 amide bonds. The minimum absolute atomic E-state index is 0.00395. The van der Waals surface area contributed by atoms with Gasteiger partial charge in [0.15, 0.2) is 0 Å². The quantitative estimate of drug-likeness (QED) is 0.806. The van der Waals surface area contributed by atoms with E-state index in [1.54, 1.807) is 0 Å². The van der Waals surface area contributed by atoms with Crippen molar-refractivity contribution in [3.63, 3.8) is 0 Å². The van der Waals surface area contributed by atoms with Crippen LogP contribution in [0.3, 0.4) is 0 Å². The van der Waals surface area contributed by atoms with E-state index < -0.39 is 0 Å². The molecular weight excluding hydrogens is 298 g/mol. The molecule has 2 unspecified atom stereocenters. The Morgan fingerprint density at radius 2 is 2.21 bits per heavy atom. The minimum Gasteiger partial charge on any atom is -0.282 e. The average molecular weight is 319 g/mol. The number of hydrogen-bond acceptors (Lipinski definition) is 3. The van der Waals surface area contributed by atoms with Crippen LogP contribution in [0.4, 0.5) is 0 Å². The summed E-state index contributed by atoms with van der Waals surface area (Å²) < 4.78 is 1.98. The highest BCUT2D eigenvalue weighted by atomic mass is 16.2. The van der Waals surface area contributed by atoms with Gasteiger partial charge in [0.05, 0.1) is 23.7 Å². The molecule has 0 aliphatic carbocycles. The second-order valence-corrected chi connectivity index (χ2v) is 7.58. The fraction of sp³-hybridized carbons (Fsp3) is 0.500. The maximum atomic E-state index is 13.1. The van der Waals surface area contributed by atoms with Crippen molar-refractivity contribution in [2.24, 2.45) is 5.41 Å². The van der Waals surface area contributed by atoms with Gasteiger partial charge in [0, 0.05) is 29.5 Å². The van der Waals surface area contributed by atoms with Crippen molar-refractivity contribution in [3.8, 4) is 6.07 Å². The van der Waals surface area contributed by atoms with E-state index in [4.69, 9.17) is 0 Å². The van der Waals surface area contributed by atoms with E-state index in [0.29, 0.717) is 6.42 Å². The van der Waals surface area contributed by atoms with Gasteiger partial charge in [-0.3, -0.25) is 14.3 Å². The van der Waals surface area contributed by atoms with E-state index in [-0.39, 0.29) is 23.4 Å². The molecule has 2 aromatic rings. The summed E-state index contributed by atoms with van der Waals surface area (Å²) in [4.78, 5) is 15.5.